The van der Waals surface area contributed by atoms with Crippen molar-refractivity contribution in [1.29, 1.82) is 0 Å². The van der Waals surface area contributed by atoms with Gasteiger partial charge in [-0.15, -0.1) is 0 Å². The third-order valence-electron chi connectivity index (χ3n) is 5.18. The number of ether oxygens (including phenoxy) is 1. The van der Waals surface area contributed by atoms with Crippen molar-refractivity contribution >= 4 is 22.6 Å². The van der Waals surface area contributed by atoms with Crippen LogP contribution in [-0.4, -0.2) is 66.3 Å². The summed E-state index contributed by atoms with van der Waals surface area (Å²) in [5.74, 6) is 0. The number of anilines is 1. The molecule has 1 aromatic carbocycles. The van der Waals surface area contributed by atoms with Crippen LogP contribution >= 0.6 is 0 Å². The van der Waals surface area contributed by atoms with Gasteiger partial charge in [0, 0.05) is 62.1 Å². The molecule has 2 aromatic rings. The number of urea groups is 1. The van der Waals surface area contributed by atoms with E-state index in [1.807, 2.05) is 11.0 Å². The van der Waals surface area contributed by atoms with Gasteiger partial charge in [-0.1, -0.05) is 0 Å². The molecule has 134 valence electrons. The minimum Gasteiger partial charge on any atom is -0.379 e. The maximum Gasteiger partial charge on any atom is 0.321 e. The van der Waals surface area contributed by atoms with Crippen LogP contribution in [0.1, 0.15) is 12.8 Å². The molecule has 6 nitrogen and oxygen atoms in total. The molecule has 3 heterocycles. The molecule has 1 N–H and O–H groups in total. The van der Waals surface area contributed by atoms with E-state index in [2.05, 4.69) is 39.2 Å². The Labute approximate surface area is 148 Å². The van der Waals surface area contributed by atoms with Crippen LogP contribution < -0.4 is 5.32 Å². The zero-order valence-electron chi connectivity index (χ0n) is 14.6. The highest BCUT2D eigenvalue weighted by molar-refractivity contribution is 5.93. The average Bonchev–Trinajstić information content (AvgIpc) is 3.31. The number of hydrogen-bond acceptors (Lipinski definition) is 3. The van der Waals surface area contributed by atoms with Crippen molar-refractivity contribution < 1.29 is 9.53 Å². The van der Waals surface area contributed by atoms with Gasteiger partial charge in [0.05, 0.1) is 13.2 Å². The second-order valence-electron chi connectivity index (χ2n) is 6.86. The highest BCUT2D eigenvalue weighted by atomic mass is 16.5. The lowest BCUT2D eigenvalue weighted by Crippen LogP contribution is -2.38. The third kappa shape index (κ3) is 3.80. The number of hydrogen-bond donors (Lipinski definition) is 1. The highest BCUT2D eigenvalue weighted by Gasteiger charge is 2.18. The lowest BCUT2D eigenvalue weighted by Gasteiger charge is -2.26. The lowest BCUT2D eigenvalue weighted by atomic mass is 10.2. The summed E-state index contributed by atoms with van der Waals surface area (Å²) in [6.45, 7) is 7.47. The minimum absolute atomic E-state index is 0.0172. The number of fused-ring (bicyclic) bond motifs is 1. The van der Waals surface area contributed by atoms with Crippen molar-refractivity contribution in [2.45, 2.75) is 19.4 Å². The molecule has 1 aromatic heterocycles. The molecule has 2 amide bonds. The van der Waals surface area contributed by atoms with E-state index < -0.39 is 0 Å². The lowest BCUT2D eigenvalue weighted by molar-refractivity contribution is 0.0365. The van der Waals surface area contributed by atoms with E-state index in [1.165, 1.54) is 10.9 Å². The van der Waals surface area contributed by atoms with Gasteiger partial charge in [-0.2, -0.15) is 0 Å². The first kappa shape index (κ1) is 16.4. The van der Waals surface area contributed by atoms with Gasteiger partial charge in [-0.3, -0.25) is 4.90 Å². The summed E-state index contributed by atoms with van der Waals surface area (Å²) in [6, 6.07) is 8.31. The van der Waals surface area contributed by atoms with Crippen molar-refractivity contribution in [3.05, 3.63) is 30.5 Å². The van der Waals surface area contributed by atoms with Crippen LogP contribution in [0, 0.1) is 0 Å². The van der Waals surface area contributed by atoms with Gasteiger partial charge >= 0.3 is 6.03 Å². The first-order chi connectivity index (χ1) is 12.3. The van der Waals surface area contributed by atoms with Gasteiger partial charge in [0.15, 0.2) is 0 Å². The Morgan fingerprint density at radius 2 is 1.84 bits per heavy atom. The Morgan fingerprint density at radius 1 is 1.04 bits per heavy atom. The van der Waals surface area contributed by atoms with E-state index in [-0.39, 0.29) is 6.03 Å². The van der Waals surface area contributed by atoms with Gasteiger partial charge in [-0.25, -0.2) is 4.79 Å². The Balaban J connectivity index is 1.40. The standard InChI is InChI=1S/C19H26N4O2/c24-19(23-6-1-2-7-23)20-17-3-4-18-16(15-17)5-8-22(18)10-9-21-11-13-25-14-12-21/h3-5,8,15H,1-2,6-7,9-14H2,(H,20,24). The van der Waals surface area contributed by atoms with Crippen LogP contribution in [0.15, 0.2) is 30.5 Å². The van der Waals surface area contributed by atoms with Gasteiger partial charge in [-0.05, 0) is 37.1 Å². The largest absolute Gasteiger partial charge is 0.379 e. The second kappa shape index (κ2) is 7.45. The van der Waals surface area contributed by atoms with Crippen molar-refractivity contribution in [3.8, 4) is 0 Å². The summed E-state index contributed by atoms with van der Waals surface area (Å²) in [6.07, 6.45) is 4.36. The van der Waals surface area contributed by atoms with Crippen LogP contribution in [0.2, 0.25) is 0 Å². The number of benzene rings is 1. The first-order valence-corrected chi connectivity index (χ1v) is 9.24. The summed E-state index contributed by atoms with van der Waals surface area (Å²) in [5, 5.41) is 4.19. The molecule has 0 aliphatic carbocycles. The van der Waals surface area contributed by atoms with E-state index in [1.54, 1.807) is 0 Å². The molecule has 0 bridgehead atoms. The smallest absolute Gasteiger partial charge is 0.321 e. The summed E-state index contributed by atoms with van der Waals surface area (Å²) >= 11 is 0. The number of amides is 2. The molecule has 4 rings (SSSR count). The maximum atomic E-state index is 12.2. The highest BCUT2D eigenvalue weighted by Crippen LogP contribution is 2.21. The quantitative estimate of drug-likeness (QED) is 0.929. The maximum absolute atomic E-state index is 12.2. The molecule has 2 aliphatic rings. The van der Waals surface area contributed by atoms with E-state index in [9.17, 15) is 4.79 Å². The number of rotatable bonds is 4. The fourth-order valence-electron chi connectivity index (χ4n) is 3.67. The Hall–Kier alpha value is -2.05. The average molecular weight is 342 g/mol. The monoisotopic (exact) mass is 342 g/mol. The number of carbonyl (C=O) groups excluding carboxylic acids is 1. The molecule has 25 heavy (non-hydrogen) atoms. The second-order valence-corrected chi connectivity index (χ2v) is 6.86. The first-order valence-electron chi connectivity index (χ1n) is 9.24. The molecule has 6 heteroatoms. The molecule has 2 aliphatic heterocycles. The topological polar surface area (TPSA) is 49.7 Å². The molecule has 0 atom stereocenters. The van der Waals surface area contributed by atoms with Crippen LogP contribution in [0.25, 0.3) is 10.9 Å². The van der Waals surface area contributed by atoms with Crippen LogP contribution in [0.3, 0.4) is 0 Å². The van der Waals surface area contributed by atoms with Crippen molar-refractivity contribution in [2.24, 2.45) is 0 Å². The Morgan fingerprint density at radius 3 is 2.64 bits per heavy atom. The van der Waals surface area contributed by atoms with Crippen molar-refractivity contribution in [1.82, 2.24) is 14.4 Å². The van der Waals surface area contributed by atoms with Crippen LogP contribution in [0.5, 0.6) is 0 Å². The molecule has 0 spiro atoms. The molecule has 0 unspecified atom stereocenters. The number of aromatic nitrogens is 1. The number of likely N-dealkylation sites (tertiary alicyclic amines) is 1. The van der Waals surface area contributed by atoms with Crippen LogP contribution in [0.4, 0.5) is 10.5 Å². The van der Waals surface area contributed by atoms with Gasteiger partial charge in [0.2, 0.25) is 0 Å². The van der Waals surface area contributed by atoms with Gasteiger partial charge in [0.25, 0.3) is 0 Å². The van der Waals surface area contributed by atoms with E-state index in [4.69, 9.17) is 4.74 Å². The van der Waals surface area contributed by atoms with Gasteiger partial charge < -0.3 is 19.5 Å². The number of carbonyl (C=O) groups is 1. The zero-order chi connectivity index (χ0) is 17.1. The molecular formula is C19H26N4O2. The predicted molar refractivity (Wildman–Crippen MR) is 99.0 cm³/mol. The number of nitrogens with zero attached hydrogens (tertiary/aromatic N) is 3. The zero-order valence-corrected chi connectivity index (χ0v) is 14.6. The van der Waals surface area contributed by atoms with Crippen molar-refractivity contribution in [2.75, 3.05) is 51.3 Å². The number of nitrogens with one attached hydrogen (secondary N) is 1. The van der Waals surface area contributed by atoms with Gasteiger partial charge in [0.1, 0.15) is 0 Å². The SMILES string of the molecule is O=C(Nc1ccc2c(ccn2CCN2CCOCC2)c1)N1CCCC1. The predicted octanol–water partition coefficient (Wildman–Crippen LogP) is 2.60. The molecule has 2 fully saturated rings. The van der Waals surface area contributed by atoms with Crippen LogP contribution in [-0.2, 0) is 11.3 Å². The summed E-state index contributed by atoms with van der Waals surface area (Å²) in [7, 11) is 0. The molecule has 0 saturated carbocycles. The fourth-order valence-corrected chi connectivity index (χ4v) is 3.67. The summed E-state index contributed by atoms with van der Waals surface area (Å²) in [4.78, 5) is 16.6. The third-order valence-corrected chi connectivity index (χ3v) is 5.18. The summed E-state index contributed by atoms with van der Waals surface area (Å²) < 4.78 is 7.69. The van der Waals surface area contributed by atoms with Crippen molar-refractivity contribution in [3.63, 3.8) is 0 Å². The Bertz CT molecular complexity index is 730. The Kier molecular flexibility index (Phi) is 4.90. The summed E-state index contributed by atoms with van der Waals surface area (Å²) in [5.41, 5.74) is 2.09. The minimum atomic E-state index is 0.0172. The van der Waals surface area contributed by atoms with E-state index >= 15 is 0 Å². The number of morpholine rings is 1. The molecular weight excluding hydrogens is 316 g/mol. The fraction of sp³-hybridized carbons (Fsp3) is 0.526. The van der Waals surface area contributed by atoms with E-state index in [0.717, 1.165) is 71.0 Å². The normalized spacial score (nSPS) is 18.8. The van der Waals surface area contributed by atoms with E-state index in [0.29, 0.717) is 0 Å². The molecule has 0 radical (unpaired) electrons. The molecule has 2 saturated heterocycles.